The summed E-state index contributed by atoms with van der Waals surface area (Å²) in [6.45, 7) is 0.270. The lowest BCUT2D eigenvalue weighted by Crippen LogP contribution is -2.26. The summed E-state index contributed by atoms with van der Waals surface area (Å²) in [5.41, 5.74) is -0.956. The first-order valence-electron chi connectivity index (χ1n) is 7.20. The van der Waals surface area contributed by atoms with Gasteiger partial charge in [0.05, 0.1) is 6.61 Å². The zero-order chi connectivity index (χ0) is 17.4. The number of aliphatic hydroxyl groups is 1. The van der Waals surface area contributed by atoms with Crippen LogP contribution < -0.4 is 10.9 Å². The number of carbonyl (C=O) groups excluding carboxylic acids is 1. The van der Waals surface area contributed by atoms with E-state index >= 15 is 0 Å². The predicted molar refractivity (Wildman–Crippen MR) is 79.6 cm³/mol. The summed E-state index contributed by atoms with van der Waals surface area (Å²) in [5.74, 6) is -0.385. The zero-order valence-electron chi connectivity index (χ0n) is 13.1. The molecular weight excluding hydrogens is 322 g/mol. The van der Waals surface area contributed by atoms with Crippen molar-refractivity contribution in [3.63, 3.8) is 0 Å². The number of nitrogens with one attached hydrogen (secondary N) is 1. The summed E-state index contributed by atoms with van der Waals surface area (Å²) in [4.78, 5) is 26.4. The Morgan fingerprint density at radius 2 is 2.21 bits per heavy atom. The van der Waals surface area contributed by atoms with Gasteiger partial charge in [0.1, 0.15) is 6.10 Å². The second-order valence-electron chi connectivity index (χ2n) is 5.62. The first-order valence-corrected chi connectivity index (χ1v) is 7.20. The molecule has 3 rings (SSSR count). The molecule has 2 atom stereocenters. The average Bonchev–Trinajstić information content (AvgIpc) is 3.24. The molecule has 1 fully saturated rings. The lowest BCUT2D eigenvalue weighted by molar-refractivity contribution is -0.116. The fourth-order valence-electron chi connectivity index (χ4n) is 2.17. The fraction of sp³-hybridized carbons (Fsp3) is 0.583. The molecule has 3 heterocycles. The molecule has 0 aliphatic carbocycles. The van der Waals surface area contributed by atoms with Crippen LogP contribution in [0.25, 0.3) is 11.0 Å². The van der Waals surface area contributed by atoms with Crippen LogP contribution in [0.5, 0.6) is 0 Å². The molecule has 0 radical (unpaired) electrons. The topological polar surface area (TPSA) is 151 Å². The Kier molecular flexibility index (Phi) is 4.17. The quantitative estimate of drug-likeness (QED) is 0.401. The van der Waals surface area contributed by atoms with Gasteiger partial charge in [-0.25, -0.2) is 0 Å². The molecule has 130 valence electrons. The number of aromatic nitrogens is 5. The van der Waals surface area contributed by atoms with Crippen LogP contribution in [0.4, 0.5) is 5.82 Å². The number of amides is 1. The molecule has 0 saturated carbocycles. The number of ether oxygens (including phenoxy) is 1. The summed E-state index contributed by atoms with van der Waals surface area (Å²) >= 11 is 0. The maximum Gasteiger partial charge on any atom is 0.302 e. The molecule has 0 bridgehead atoms. The van der Waals surface area contributed by atoms with Gasteiger partial charge in [0.2, 0.25) is 5.91 Å². The molecule has 2 unspecified atom stereocenters. The fourth-order valence-corrected chi connectivity index (χ4v) is 2.17. The second kappa shape index (κ2) is 6.14. The van der Waals surface area contributed by atoms with Gasteiger partial charge in [0.15, 0.2) is 23.1 Å². The summed E-state index contributed by atoms with van der Waals surface area (Å²) in [7, 11) is 3.66. The van der Waals surface area contributed by atoms with E-state index in [1.165, 1.54) is 0 Å². The van der Waals surface area contributed by atoms with Crippen molar-refractivity contribution in [2.75, 3.05) is 32.6 Å². The van der Waals surface area contributed by atoms with E-state index < -0.39 is 17.9 Å². The molecule has 1 amide bonds. The van der Waals surface area contributed by atoms with Gasteiger partial charge in [0.25, 0.3) is 0 Å². The van der Waals surface area contributed by atoms with Crippen molar-refractivity contribution in [2.45, 2.75) is 18.8 Å². The van der Waals surface area contributed by atoms with Gasteiger partial charge >= 0.3 is 5.56 Å². The number of aliphatic hydroxyl groups excluding tert-OH is 1. The number of carbonyl (C=O) groups is 1. The largest absolute Gasteiger partial charge is 0.411 e. The highest BCUT2D eigenvalue weighted by Crippen LogP contribution is 2.31. The van der Waals surface area contributed by atoms with Crippen LogP contribution >= 0.6 is 0 Å². The van der Waals surface area contributed by atoms with Crippen molar-refractivity contribution in [3.05, 3.63) is 10.4 Å². The van der Waals surface area contributed by atoms with E-state index in [0.29, 0.717) is 11.4 Å². The number of hydrogen-bond acceptors (Lipinski definition) is 9. The van der Waals surface area contributed by atoms with Crippen LogP contribution in [0.2, 0.25) is 0 Å². The average molecular weight is 339 g/mol. The number of rotatable bonds is 6. The van der Waals surface area contributed by atoms with Crippen LogP contribution in [0, 0.1) is 0 Å². The third-order valence-electron chi connectivity index (χ3n) is 3.52. The summed E-state index contributed by atoms with van der Waals surface area (Å²) in [6, 6.07) is 0. The molecule has 1 aliphatic heterocycles. The summed E-state index contributed by atoms with van der Waals surface area (Å²) < 4.78 is 5.98. The van der Waals surface area contributed by atoms with Crippen LogP contribution in [-0.4, -0.2) is 79.4 Å². The molecule has 12 nitrogen and oxygen atoms in total. The van der Waals surface area contributed by atoms with Crippen LogP contribution in [0.1, 0.15) is 12.6 Å². The van der Waals surface area contributed by atoms with Crippen molar-refractivity contribution in [3.8, 4) is 0 Å². The predicted octanol–water partition coefficient (Wildman–Crippen LogP) is -1.99. The molecule has 12 heteroatoms. The molecule has 24 heavy (non-hydrogen) atoms. The maximum atomic E-state index is 12.4. The van der Waals surface area contributed by atoms with Crippen molar-refractivity contribution < 1.29 is 19.8 Å². The highest BCUT2D eigenvalue weighted by molar-refractivity contribution is 5.97. The van der Waals surface area contributed by atoms with E-state index in [4.69, 9.17) is 9.84 Å². The van der Waals surface area contributed by atoms with E-state index in [-0.39, 0.29) is 35.8 Å². The Bertz CT molecular complexity index is 829. The normalized spacial score (nSPS) is 19.8. The first kappa shape index (κ1) is 16.3. The van der Waals surface area contributed by atoms with Crippen LogP contribution in [0.3, 0.4) is 0 Å². The Morgan fingerprint density at radius 3 is 2.83 bits per heavy atom. The lowest BCUT2D eigenvalue weighted by atomic mass is 10.3. The lowest BCUT2D eigenvalue weighted by Gasteiger charge is -2.08. The third kappa shape index (κ3) is 2.93. The van der Waals surface area contributed by atoms with Crippen LogP contribution in [0.15, 0.2) is 4.79 Å². The van der Waals surface area contributed by atoms with Crippen LogP contribution in [-0.2, 0) is 9.53 Å². The van der Waals surface area contributed by atoms with Gasteiger partial charge < -0.3 is 25.3 Å². The van der Waals surface area contributed by atoms with E-state index in [1.807, 2.05) is 19.0 Å². The monoisotopic (exact) mass is 339 g/mol. The maximum absolute atomic E-state index is 12.4. The SMILES string of the molecule is CN(C)CCC(=O)Nc1nn(O)c2c(=O)n(C3OC3CO)nnc12. The first-order chi connectivity index (χ1) is 11.4. The molecule has 2 aromatic rings. The number of hydrogen-bond donors (Lipinski definition) is 3. The standard InChI is InChI=1S/C12H17N7O5/c1-17(2)4-3-7(21)13-10-8-9(19(23)15-10)11(22)18(16-14-8)12-6(5-20)24-12/h6,12,20,23H,3-5H2,1-2H3,(H,13,15,21). The second-order valence-corrected chi connectivity index (χ2v) is 5.62. The molecule has 1 aliphatic rings. The van der Waals surface area contributed by atoms with Crippen molar-refractivity contribution in [1.82, 2.24) is 29.8 Å². The van der Waals surface area contributed by atoms with E-state index in [1.54, 1.807) is 0 Å². The minimum Gasteiger partial charge on any atom is -0.411 e. The molecule has 0 spiro atoms. The van der Waals surface area contributed by atoms with Gasteiger partial charge in [-0.15, -0.1) is 10.2 Å². The molecule has 0 aromatic carbocycles. The van der Waals surface area contributed by atoms with Gasteiger partial charge in [-0.2, -0.15) is 4.68 Å². The molecule has 1 saturated heterocycles. The van der Waals surface area contributed by atoms with Gasteiger partial charge in [0, 0.05) is 13.0 Å². The minimum atomic E-state index is -0.729. The summed E-state index contributed by atoms with van der Waals surface area (Å²) in [5, 5.41) is 32.5. The Morgan fingerprint density at radius 1 is 1.46 bits per heavy atom. The number of fused-ring (bicyclic) bond motifs is 1. The van der Waals surface area contributed by atoms with Gasteiger partial charge in [-0.1, -0.05) is 10.1 Å². The summed E-state index contributed by atoms with van der Waals surface area (Å²) in [6.07, 6.45) is -1.05. The van der Waals surface area contributed by atoms with Gasteiger partial charge in [-0.3, -0.25) is 9.59 Å². The smallest absolute Gasteiger partial charge is 0.302 e. The van der Waals surface area contributed by atoms with Crippen molar-refractivity contribution in [2.24, 2.45) is 0 Å². The van der Waals surface area contributed by atoms with E-state index in [2.05, 4.69) is 20.7 Å². The molecular formula is C12H17N7O5. The zero-order valence-corrected chi connectivity index (χ0v) is 13.1. The minimum absolute atomic E-state index is 0.0295. The molecule has 3 N–H and O–H groups in total. The van der Waals surface area contributed by atoms with Gasteiger partial charge in [-0.05, 0) is 14.1 Å². The highest BCUT2D eigenvalue weighted by atomic mass is 16.6. The van der Waals surface area contributed by atoms with E-state index in [9.17, 15) is 14.8 Å². The number of nitrogens with zero attached hydrogens (tertiary/aromatic N) is 6. The highest BCUT2D eigenvalue weighted by Gasteiger charge is 2.42. The van der Waals surface area contributed by atoms with Crippen molar-refractivity contribution >= 4 is 22.8 Å². The van der Waals surface area contributed by atoms with Crippen molar-refractivity contribution in [1.29, 1.82) is 0 Å². The third-order valence-corrected chi connectivity index (χ3v) is 3.52. The Labute approximate surface area is 135 Å². The Hall–Kier alpha value is -2.57. The number of epoxide rings is 1. The molecule has 2 aromatic heterocycles. The number of anilines is 1. The van der Waals surface area contributed by atoms with E-state index in [0.717, 1.165) is 4.68 Å². The Balaban J connectivity index is 1.88.